The van der Waals surface area contributed by atoms with E-state index >= 15 is 0 Å². The minimum atomic E-state index is -4.65. The summed E-state index contributed by atoms with van der Waals surface area (Å²) < 4.78 is 40.8. The quantitative estimate of drug-likeness (QED) is 0.587. The van der Waals surface area contributed by atoms with Crippen molar-refractivity contribution >= 4 is 29.5 Å². The van der Waals surface area contributed by atoms with Crippen LogP contribution in [0.5, 0.6) is 0 Å². The molecular formula is C26H26ClF3N4O2. The van der Waals surface area contributed by atoms with E-state index in [1.807, 2.05) is 24.3 Å². The van der Waals surface area contributed by atoms with Crippen molar-refractivity contribution in [1.82, 2.24) is 20.0 Å². The number of likely N-dealkylation sites (N-methyl/N-ethyl adjacent to an activating group) is 1. The number of amides is 2. The van der Waals surface area contributed by atoms with Crippen molar-refractivity contribution in [3.8, 4) is 0 Å². The first kappa shape index (κ1) is 27.0. The second-order valence-corrected chi connectivity index (χ2v) is 8.73. The lowest BCUT2D eigenvalue weighted by atomic mass is 10.0. The first-order valence-electron chi connectivity index (χ1n) is 11.1. The first-order chi connectivity index (χ1) is 17.0. The maximum Gasteiger partial charge on any atom is 0.435 e. The molecule has 0 aliphatic carbocycles. The van der Waals surface area contributed by atoms with E-state index in [0.717, 1.165) is 21.9 Å². The summed E-state index contributed by atoms with van der Waals surface area (Å²) in [6.07, 6.45) is 4.04. The van der Waals surface area contributed by atoms with Gasteiger partial charge in [-0.25, -0.2) is 0 Å². The summed E-state index contributed by atoms with van der Waals surface area (Å²) >= 11 is 5.80. The highest BCUT2D eigenvalue weighted by atomic mass is 35.5. The number of benzene rings is 1. The Morgan fingerprint density at radius 3 is 2.72 bits per heavy atom. The average molecular weight is 519 g/mol. The molecule has 1 aliphatic heterocycles. The van der Waals surface area contributed by atoms with Crippen LogP contribution in [0.15, 0.2) is 71.9 Å². The lowest BCUT2D eigenvalue weighted by molar-refractivity contribution is -0.141. The molecule has 1 atom stereocenters. The van der Waals surface area contributed by atoms with Crippen LogP contribution < -0.4 is 5.32 Å². The van der Waals surface area contributed by atoms with Crippen LogP contribution in [0.1, 0.15) is 29.4 Å². The molecule has 10 heteroatoms. The van der Waals surface area contributed by atoms with E-state index in [9.17, 15) is 22.8 Å². The van der Waals surface area contributed by atoms with Gasteiger partial charge in [-0.05, 0) is 36.3 Å². The highest BCUT2D eigenvalue weighted by molar-refractivity contribution is 6.30. The van der Waals surface area contributed by atoms with E-state index in [4.69, 9.17) is 11.6 Å². The summed E-state index contributed by atoms with van der Waals surface area (Å²) in [5.74, 6) is -1.04. The van der Waals surface area contributed by atoms with Crippen LogP contribution in [0, 0.1) is 0 Å². The number of carbonyl (C=O) groups is 2. The molecule has 1 aromatic carbocycles. The maximum absolute atomic E-state index is 13.4. The first-order valence-corrected chi connectivity index (χ1v) is 11.5. The monoisotopic (exact) mass is 518 g/mol. The van der Waals surface area contributed by atoms with Crippen molar-refractivity contribution in [2.45, 2.75) is 38.5 Å². The summed E-state index contributed by atoms with van der Waals surface area (Å²) in [7, 11) is 1.56. The number of hydrogen-bond acceptors (Lipinski definition) is 3. The molecule has 0 radical (unpaired) electrons. The molecule has 1 N–H and O–H groups in total. The Hall–Kier alpha value is -3.59. The van der Waals surface area contributed by atoms with Gasteiger partial charge in [0.1, 0.15) is 12.6 Å². The molecule has 2 aromatic rings. The fourth-order valence-corrected chi connectivity index (χ4v) is 3.85. The second-order valence-electron chi connectivity index (χ2n) is 8.24. The fraction of sp³-hybridized carbons (Fsp3) is 0.269. The number of halogens is 4. The lowest BCUT2D eigenvalue weighted by Crippen LogP contribution is -2.49. The zero-order chi connectivity index (χ0) is 26.5. The molecule has 2 heterocycles. The molecule has 2 bridgehead atoms. The third kappa shape index (κ3) is 6.97. The predicted octanol–water partition coefficient (Wildman–Crippen LogP) is 4.87. The van der Waals surface area contributed by atoms with Gasteiger partial charge in [-0.15, -0.1) is 0 Å². The molecule has 36 heavy (non-hydrogen) atoms. The summed E-state index contributed by atoms with van der Waals surface area (Å²) in [5, 5.41) is 6.57. The van der Waals surface area contributed by atoms with Crippen LogP contribution in [0.25, 0.3) is 6.08 Å². The van der Waals surface area contributed by atoms with Crippen LogP contribution in [-0.4, -0.2) is 39.6 Å². The van der Waals surface area contributed by atoms with Crippen LogP contribution in [0.2, 0.25) is 0 Å². The number of carbonyl (C=O) groups excluding carboxylic acids is 2. The van der Waals surface area contributed by atoms with Gasteiger partial charge in [0.2, 0.25) is 11.8 Å². The van der Waals surface area contributed by atoms with Crippen molar-refractivity contribution in [3.05, 3.63) is 94.5 Å². The van der Waals surface area contributed by atoms with E-state index in [2.05, 4.69) is 17.0 Å². The smallest absolute Gasteiger partial charge is 0.342 e. The largest absolute Gasteiger partial charge is 0.435 e. The molecule has 1 aliphatic rings. The molecule has 0 fully saturated rings. The molecule has 2 amide bonds. The third-order valence-electron chi connectivity index (χ3n) is 5.56. The zero-order valence-electron chi connectivity index (χ0n) is 19.8. The van der Waals surface area contributed by atoms with E-state index < -0.39 is 36.3 Å². The van der Waals surface area contributed by atoms with Crippen molar-refractivity contribution in [3.63, 3.8) is 0 Å². The predicted molar refractivity (Wildman–Crippen MR) is 133 cm³/mol. The number of allylic oxidation sites excluding steroid dienone is 5. The van der Waals surface area contributed by atoms with Gasteiger partial charge in [-0.3, -0.25) is 14.3 Å². The molecule has 1 aromatic heterocycles. The standard InChI is InChI=1S/C26H26ClF3N4O2/c1-4-20(12-11-17(2)27)33(3)25(36)22-14-19-9-5-7-18(13-19)8-6-10-21-15-23(26(28,29)30)32-34(21)16-24(35)31-22/h4-9,11-13,15,22H,2,10,14,16H2,1,3H3,(H,31,35)/b8-6+,12-11-,20-4+/t22-/m0/s1. The van der Waals surface area contributed by atoms with E-state index in [1.165, 1.54) is 11.0 Å². The van der Waals surface area contributed by atoms with Gasteiger partial charge in [0.25, 0.3) is 0 Å². The van der Waals surface area contributed by atoms with Crippen molar-refractivity contribution < 1.29 is 22.8 Å². The number of nitrogens with one attached hydrogen (secondary N) is 1. The Morgan fingerprint density at radius 2 is 2.06 bits per heavy atom. The number of nitrogens with zero attached hydrogens (tertiary/aromatic N) is 3. The molecule has 0 unspecified atom stereocenters. The molecular weight excluding hydrogens is 493 g/mol. The number of rotatable bonds is 4. The Balaban J connectivity index is 1.98. The van der Waals surface area contributed by atoms with Gasteiger partial charge in [0.15, 0.2) is 5.69 Å². The van der Waals surface area contributed by atoms with Crippen LogP contribution in [-0.2, 0) is 35.2 Å². The summed E-state index contributed by atoms with van der Waals surface area (Å²) in [4.78, 5) is 27.7. The second kappa shape index (κ2) is 11.4. The van der Waals surface area contributed by atoms with Crippen LogP contribution >= 0.6 is 11.6 Å². The minimum absolute atomic E-state index is 0.147. The SMILES string of the molecule is C=C(Cl)/C=C\C(=C/C)N(C)C(=O)[C@@H]1Cc2cccc(c2)/C=C/Cc2cc(C(F)(F)F)nn2CC(=O)N1. The van der Waals surface area contributed by atoms with Crippen LogP contribution in [0.3, 0.4) is 0 Å². The number of fused-ring (bicyclic) bond motifs is 3. The van der Waals surface area contributed by atoms with Gasteiger partial charge in [-0.1, -0.05) is 60.7 Å². The number of aromatic nitrogens is 2. The van der Waals surface area contributed by atoms with Crippen molar-refractivity contribution in [2.75, 3.05) is 7.05 Å². The molecule has 3 rings (SSSR count). The fourth-order valence-electron chi connectivity index (χ4n) is 3.78. The highest BCUT2D eigenvalue weighted by Crippen LogP contribution is 2.29. The average Bonchev–Trinajstić information content (AvgIpc) is 3.21. The Labute approximate surface area is 212 Å². The number of alkyl halides is 3. The minimum Gasteiger partial charge on any atom is -0.342 e. The van der Waals surface area contributed by atoms with Gasteiger partial charge in [0.05, 0.1) is 0 Å². The van der Waals surface area contributed by atoms with Gasteiger partial charge >= 0.3 is 6.18 Å². The molecule has 0 spiro atoms. The molecule has 0 saturated carbocycles. The topological polar surface area (TPSA) is 67.2 Å². The summed E-state index contributed by atoms with van der Waals surface area (Å²) in [6.45, 7) is 4.87. The third-order valence-corrected chi connectivity index (χ3v) is 5.68. The summed E-state index contributed by atoms with van der Waals surface area (Å²) in [5.41, 5.74) is 1.31. The lowest BCUT2D eigenvalue weighted by Gasteiger charge is -2.26. The van der Waals surface area contributed by atoms with Gasteiger partial charge in [0, 0.05) is 36.3 Å². The maximum atomic E-state index is 13.4. The van der Waals surface area contributed by atoms with E-state index in [-0.39, 0.29) is 23.6 Å². The zero-order valence-corrected chi connectivity index (χ0v) is 20.6. The Bertz CT molecular complexity index is 1240. The molecule has 190 valence electrons. The number of hydrogen-bond donors (Lipinski definition) is 1. The van der Waals surface area contributed by atoms with Crippen LogP contribution in [0.4, 0.5) is 13.2 Å². The molecule has 0 saturated heterocycles. The van der Waals surface area contributed by atoms with Gasteiger partial charge in [-0.2, -0.15) is 18.3 Å². The van der Waals surface area contributed by atoms with Gasteiger partial charge < -0.3 is 10.2 Å². The molecule has 6 nitrogen and oxygen atoms in total. The highest BCUT2D eigenvalue weighted by Gasteiger charge is 2.35. The van der Waals surface area contributed by atoms with E-state index in [1.54, 1.807) is 38.3 Å². The Morgan fingerprint density at radius 1 is 1.31 bits per heavy atom. The van der Waals surface area contributed by atoms with Crippen molar-refractivity contribution in [2.24, 2.45) is 0 Å². The summed E-state index contributed by atoms with van der Waals surface area (Å²) in [6, 6.07) is 7.33. The Kier molecular flexibility index (Phi) is 8.57. The van der Waals surface area contributed by atoms with Crippen molar-refractivity contribution in [1.29, 1.82) is 0 Å². The van der Waals surface area contributed by atoms with E-state index in [0.29, 0.717) is 5.70 Å². The normalized spacial score (nSPS) is 17.9.